The van der Waals surface area contributed by atoms with Crippen LogP contribution < -0.4 is 10.5 Å². The Labute approximate surface area is 118 Å². The van der Waals surface area contributed by atoms with Crippen LogP contribution in [0.5, 0.6) is 5.75 Å². The maximum atomic E-state index is 6.02. The summed E-state index contributed by atoms with van der Waals surface area (Å²) in [5.74, 6) is 1.21. The molecule has 2 N–H and O–H groups in total. The predicted octanol–water partition coefficient (Wildman–Crippen LogP) is 4.30. The molecule has 0 radical (unpaired) electrons. The molecule has 0 amide bonds. The second-order valence-corrected chi connectivity index (χ2v) is 5.69. The maximum absolute atomic E-state index is 6.02. The number of benzene rings is 1. The van der Waals surface area contributed by atoms with Crippen LogP contribution in [0.1, 0.15) is 38.8 Å². The van der Waals surface area contributed by atoms with Gasteiger partial charge in [0.05, 0.1) is 18.0 Å². The number of rotatable bonds is 5. The van der Waals surface area contributed by atoms with Crippen molar-refractivity contribution in [3.05, 3.63) is 29.3 Å². The first kappa shape index (κ1) is 13.9. The molecule has 0 spiro atoms. The third-order valence-electron chi connectivity index (χ3n) is 2.83. The van der Waals surface area contributed by atoms with Gasteiger partial charge in [-0.3, -0.25) is 0 Å². The van der Waals surface area contributed by atoms with E-state index in [2.05, 4.69) is 31.1 Å². The highest BCUT2D eigenvalue weighted by Crippen LogP contribution is 2.31. The molecule has 3 nitrogen and oxygen atoms in total. The summed E-state index contributed by atoms with van der Waals surface area (Å²) in [7, 11) is 0. The third-order valence-corrected chi connectivity index (χ3v) is 3.74. The second-order valence-electron chi connectivity index (χ2n) is 4.83. The molecule has 19 heavy (non-hydrogen) atoms. The van der Waals surface area contributed by atoms with Crippen molar-refractivity contribution in [2.75, 3.05) is 12.3 Å². The van der Waals surface area contributed by atoms with Gasteiger partial charge in [-0.25, -0.2) is 4.98 Å². The van der Waals surface area contributed by atoms with Crippen molar-refractivity contribution in [2.45, 2.75) is 33.1 Å². The smallest absolute Gasteiger partial charge is 0.142 e. The summed E-state index contributed by atoms with van der Waals surface area (Å²) in [4.78, 5) is 4.64. The molecule has 1 heterocycles. The molecule has 0 fully saturated rings. The van der Waals surface area contributed by atoms with Crippen molar-refractivity contribution in [3.63, 3.8) is 0 Å². The van der Waals surface area contributed by atoms with E-state index in [0.717, 1.165) is 28.4 Å². The molecule has 0 saturated heterocycles. The summed E-state index contributed by atoms with van der Waals surface area (Å²) in [5.41, 5.74) is 8.87. The number of anilines is 1. The van der Waals surface area contributed by atoms with Crippen LogP contribution in [0, 0.1) is 0 Å². The highest BCUT2D eigenvalue weighted by molar-refractivity contribution is 7.13. The number of hydrogen-bond acceptors (Lipinski definition) is 4. The Bertz CT molecular complexity index is 549. The predicted molar refractivity (Wildman–Crippen MR) is 81.8 cm³/mol. The van der Waals surface area contributed by atoms with Crippen molar-refractivity contribution >= 4 is 17.0 Å². The fraction of sp³-hybridized carbons (Fsp3) is 0.400. The summed E-state index contributed by atoms with van der Waals surface area (Å²) in [6, 6.07) is 5.88. The zero-order chi connectivity index (χ0) is 13.8. The van der Waals surface area contributed by atoms with Crippen LogP contribution in [0.2, 0.25) is 0 Å². The van der Waals surface area contributed by atoms with E-state index in [9.17, 15) is 0 Å². The van der Waals surface area contributed by atoms with Gasteiger partial charge in [-0.05, 0) is 30.5 Å². The molecular weight excluding hydrogens is 256 g/mol. The van der Waals surface area contributed by atoms with Crippen molar-refractivity contribution < 1.29 is 4.74 Å². The molecule has 0 saturated carbocycles. The Kier molecular flexibility index (Phi) is 4.43. The number of thiazole rings is 1. The highest BCUT2D eigenvalue weighted by Gasteiger charge is 2.09. The van der Waals surface area contributed by atoms with E-state index in [4.69, 9.17) is 10.5 Å². The normalized spacial score (nSPS) is 10.9. The first-order valence-corrected chi connectivity index (χ1v) is 7.48. The average molecular weight is 276 g/mol. The minimum absolute atomic E-state index is 0.453. The van der Waals surface area contributed by atoms with E-state index < -0.39 is 0 Å². The molecule has 1 aromatic heterocycles. The first-order chi connectivity index (χ1) is 9.11. The zero-order valence-corrected chi connectivity index (χ0v) is 12.5. The largest absolute Gasteiger partial charge is 0.491 e. The van der Waals surface area contributed by atoms with E-state index in [1.807, 2.05) is 18.2 Å². The molecule has 0 aliphatic rings. The van der Waals surface area contributed by atoms with Gasteiger partial charge in [0.2, 0.25) is 0 Å². The number of aromatic nitrogens is 1. The first-order valence-electron chi connectivity index (χ1n) is 6.60. The van der Waals surface area contributed by atoms with Crippen LogP contribution in [0.3, 0.4) is 0 Å². The molecule has 0 bridgehead atoms. The monoisotopic (exact) mass is 276 g/mol. The van der Waals surface area contributed by atoms with Gasteiger partial charge in [-0.15, -0.1) is 11.3 Å². The molecule has 0 atom stereocenters. The van der Waals surface area contributed by atoms with Gasteiger partial charge in [0.1, 0.15) is 10.8 Å². The Hall–Kier alpha value is -1.55. The molecule has 2 rings (SSSR count). The summed E-state index contributed by atoms with van der Waals surface area (Å²) in [5, 5.41) is 3.12. The van der Waals surface area contributed by atoms with E-state index in [0.29, 0.717) is 18.2 Å². The van der Waals surface area contributed by atoms with Gasteiger partial charge in [0, 0.05) is 10.9 Å². The molecular formula is C15H20N2OS. The van der Waals surface area contributed by atoms with Crippen LogP contribution in [0.15, 0.2) is 23.6 Å². The summed E-state index contributed by atoms with van der Waals surface area (Å²) < 4.78 is 5.58. The van der Waals surface area contributed by atoms with Crippen molar-refractivity contribution in [1.29, 1.82) is 0 Å². The van der Waals surface area contributed by atoms with Gasteiger partial charge < -0.3 is 10.5 Å². The fourth-order valence-corrected chi connectivity index (χ4v) is 2.69. The van der Waals surface area contributed by atoms with Gasteiger partial charge in [-0.1, -0.05) is 20.8 Å². The zero-order valence-electron chi connectivity index (χ0n) is 11.6. The van der Waals surface area contributed by atoms with E-state index >= 15 is 0 Å². The SMILES string of the molecule is CCCOc1ccc(-c2nc(C(C)C)cs2)cc1N. The topological polar surface area (TPSA) is 48.1 Å². The van der Waals surface area contributed by atoms with Gasteiger partial charge in [0.25, 0.3) is 0 Å². The van der Waals surface area contributed by atoms with Crippen LogP contribution in [-0.4, -0.2) is 11.6 Å². The molecule has 0 aliphatic heterocycles. The minimum atomic E-state index is 0.453. The fourth-order valence-electron chi connectivity index (χ4n) is 1.71. The maximum Gasteiger partial charge on any atom is 0.142 e. The quantitative estimate of drug-likeness (QED) is 0.828. The Morgan fingerprint density at radius 3 is 2.74 bits per heavy atom. The lowest BCUT2D eigenvalue weighted by molar-refractivity contribution is 0.319. The lowest BCUT2D eigenvalue weighted by atomic mass is 10.1. The van der Waals surface area contributed by atoms with Crippen molar-refractivity contribution in [1.82, 2.24) is 4.98 Å². The van der Waals surface area contributed by atoms with E-state index in [1.54, 1.807) is 11.3 Å². The Morgan fingerprint density at radius 2 is 2.16 bits per heavy atom. The van der Waals surface area contributed by atoms with Crippen molar-refractivity contribution in [3.8, 4) is 16.3 Å². The molecule has 102 valence electrons. The van der Waals surface area contributed by atoms with Gasteiger partial charge >= 0.3 is 0 Å². The average Bonchev–Trinajstić information content (AvgIpc) is 2.87. The Balaban J connectivity index is 2.23. The molecule has 1 aromatic carbocycles. The van der Waals surface area contributed by atoms with Crippen molar-refractivity contribution in [2.24, 2.45) is 0 Å². The number of hydrogen-bond donors (Lipinski definition) is 1. The molecule has 2 aromatic rings. The Morgan fingerprint density at radius 1 is 1.37 bits per heavy atom. The number of nitrogens with zero attached hydrogens (tertiary/aromatic N) is 1. The van der Waals surface area contributed by atoms with Crippen LogP contribution in [0.4, 0.5) is 5.69 Å². The minimum Gasteiger partial charge on any atom is -0.491 e. The lowest BCUT2D eigenvalue weighted by Crippen LogP contribution is -1.99. The number of nitrogens with two attached hydrogens (primary N) is 1. The van der Waals surface area contributed by atoms with Gasteiger partial charge in [0.15, 0.2) is 0 Å². The van der Waals surface area contributed by atoms with E-state index in [-0.39, 0.29) is 0 Å². The highest BCUT2D eigenvalue weighted by atomic mass is 32.1. The van der Waals surface area contributed by atoms with E-state index in [1.165, 1.54) is 0 Å². The van der Waals surface area contributed by atoms with Crippen LogP contribution in [-0.2, 0) is 0 Å². The third kappa shape index (κ3) is 3.26. The summed E-state index contributed by atoms with van der Waals surface area (Å²) in [6.45, 7) is 7.07. The molecule has 0 aliphatic carbocycles. The number of ether oxygens (including phenoxy) is 1. The summed E-state index contributed by atoms with van der Waals surface area (Å²) in [6.07, 6.45) is 0.978. The van der Waals surface area contributed by atoms with Crippen LogP contribution in [0.25, 0.3) is 10.6 Å². The summed E-state index contributed by atoms with van der Waals surface area (Å²) >= 11 is 1.66. The lowest BCUT2D eigenvalue weighted by Gasteiger charge is -2.08. The molecule has 0 unspecified atom stereocenters. The molecule has 4 heteroatoms. The number of nitrogen functional groups attached to an aromatic ring is 1. The second kappa shape index (κ2) is 6.06. The standard InChI is InChI=1S/C15H20N2OS/c1-4-7-18-14-6-5-11(8-12(14)16)15-17-13(9-19-15)10(2)3/h5-6,8-10H,4,7,16H2,1-3H3. The van der Waals surface area contributed by atoms with Crippen LogP contribution >= 0.6 is 11.3 Å². The van der Waals surface area contributed by atoms with Gasteiger partial charge in [-0.2, -0.15) is 0 Å².